The number of para-hydroxylation sites is 1. The van der Waals surface area contributed by atoms with Crippen molar-refractivity contribution in [3.05, 3.63) is 27.8 Å². The first-order valence-electron chi connectivity index (χ1n) is 6.27. The molecule has 3 atom stereocenters. The first-order valence-corrected chi connectivity index (χ1v) is 7.35. The Morgan fingerprint density at radius 1 is 1.26 bits per heavy atom. The summed E-state index contributed by atoms with van der Waals surface area (Å²) in [5.74, 6) is -1.75. The predicted octanol–water partition coefficient (Wildman–Crippen LogP) is 2.98. The van der Waals surface area contributed by atoms with Crippen LogP contribution in [0.3, 0.4) is 0 Å². The molecule has 102 valence electrons. The summed E-state index contributed by atoms with van der Waals surface area (Å²) in [6, 6.07) is 7.48. The van der Waals surface area contributed by atoms with Gasteiger partial charge in [0, 0.05) is 3.57 Å². The van der Waals surface area contributed by atoms with Gasteiger partial charge in [-0.2, -0.15) is 0 Å². The maximum Gasteiger partial charge on any atom is 0.307 e. The Labute approximate surface area is 125 Å². The zero-order valence-electron chi connectivity index (χ0n) is 10.6. The van der Waals surface area contributed by atoms with E-state index in [4.69, 9.17) is 0 Å². The second-order valence-corrected chi connectivity index (χ2v) is 6.26. The molecule has 1 aromatic rings. The summed E-state index contributed by atoms with van der Waals surface area (Å²) in [7, 11) is 0. The molecule has 0 aromatic heterocycles. The summed E-state index contributed by atoms with van der Waals surface area (Å²) >= 11 is 2.15. The van der Waals surface area contributed by atoms with Gasteiger partial charge in [-0.3, -0.25) is 9.59 Å². The van der Waals surface area contributed by atoms with E-state index >= 15 is 0 Å². The van der Waals surface area contributed by atoms with Crippen molar-refractivity contribution >= 4 is 40.2 Å². The normalized spacial score (nSPS) is 26.1. The van der Waals surface area contributed by atoms with E-state index in [0.717, 1.165) is 9.26 Å². The zero-order valence-corrected chi connectivity index (χ0v) is 12.8. The van der Waals surface area contributed by atoms with Gasteiger partial charge in [0.2, 0.25) is 5.91 Å². The SMILES string of the molecule is CC1C[C@H](C(=O)Nc2ccccc2I)[C@H](C(=O)O)C1. The van der Waals surface area contributed by atoms with Crippen molar-refractivity contribution in [1.29, 1.82) is 0 Å². The van der Waals surface area contributed by atoms with Crippen molar-refractivity contribution in [3.8, 4) is 0 Å². The first-order chi connectivity index (χ1) is 8.99. The summed E-state index contributed by atoms with van der Waals surface area (Å²) in [6.07, 6.45) is 1.23. The summed E-state index contributed by atoms with van der Waals surface area (Å²) in [5, 5.41) is 12.0. The third kappa shape index (κ3) is 3.26. The lowest BCUT2D eigenvalue weighted by Crippen LogP contribution is -2.30. The highest BCUT2D eigenvalue weighted by atomic mass is 127. The Morgan fingerprint density at radius 3 is 2.53 bits per heavy atom. The number of halogens is 1. The molecule has 0 saturated heterocycles. The van der Waals surface area contributed by atoms with Crippen molar-refractivity contribution < 1.29 is 14.7 Å². The molecule has 5 heteroatoms. The smallest absolute Gasteiger partial charge is 0.307 e. The zero-order chi connectivity index (χ0) is 14.0. The first kappa shape index (κ1) is 14.3. The van der Waals surface area contributed by atoms with Crippen molar-refractivity contribution in [3.63, 3.8) is 0 Å². The van der Waals surface area contributed by atoms with Gasteiger partial charge in [0.05, 0.1) is 17.5 Å². The van der Waals surface area contributed by atoms with E-state index in [1.165, 1.54) is 0 Å². The van der Waals surface area contributed by atoms with Gasteiger partial charge in [-0.05, 0) is 53.5 Å². The summed E-state index contributed by atoms with van der Waals surface area (Å²) in [4.78, 5) is 23.4. The number of anilines is 1. The van der Waals surface area contributed by atoms with Crippen LogP contribution in [-0.4, -0.2) is 17.0 Å². The number of carbonyl (C=O) groups is 2. The van der Waals surface area contributed by atoms with Gasteiger partial charge in [-0.25, -0.2) is 0 Å². The number of hydrogen-bond acceptors (Lipinski definition) is 2. The Hall–Kier alpha value is -1.11. The molecule has 0 bridgehead atoms. The van der Waals surface area contributed by atoms with E-state index in [1.54, 1.807) is 0 Å². The summed E-state index contributed by atoms with van der Waals surface area (Å²) in [6.45, 7) is 2.00. The average molecular weight is 373 g/mol. The standard InChI is InChI=1S/C14H16INO3/c1-8-6-9(10(7-8)14(18)19)13(17)16-12-5-3-2-4-11(12)15/h2-5,8-10H,6-7H2,1H3,(H,16,17)(H,18,19)/t8?,9-,10+/m0/s1. The van der Waals surface area contributed by atoms with Crippen LogP contribution in [0.2, 0.25) is 0 Å². The molecule has 1 amide bonds. The van der Waals surface area contributed by atoms with E-state index in [0.29, 0.717) is 12.8 Å². The van der Waals surface area contributed by atoms with Gasteiger partial charge in [0.1, 0.15) is 0 Å². The topological polar surface area (TPSA) is 66.4 Å². The van der Waals surface area contributed by atoms with E-state index in [1.807, 2.05) is 31.2 Å². The van der Waals surface area contributed by atoms with E-state index in [9.17, 15) is 14.7 Å². The number of benzene rings is 1. The number of carboxylic acid groups (broad SMARTS) is 1. The second kappa shape index (κ2) is 5.90. The van der Waals surface area contributed by atoms with Crippen molar-refractivity contribution in [2.45, 2.75) is 19.8 Å². The predicted molar refractivity (Wildman–Crippen MR) is 80.8 cm³/mol. The maximum atomic E-state index is 12.2. The van der Waals surface area contributed by atoms with Gasteiger partial charge in [-0.15, -0.1) is 0 Å². The van der Waals surface area contributed by atoms with Gasteiger partial charge in [0.15, 0.2) is 0 Å². The maximum absolute atomic E-state index is 12.2. The highest BCUT2D eigenvalue weighted by Crippen LogP contribution is 2.37. The van der Waals surface area contributed by atoms with Crippen LogP contribution in [0.5, 0.6) is 0 Å². The molecule has 0 radical (unpaired) electrons. The van der Waals surface area contributed by atoms with Gasteiger partial charge in [0.25, 0.3) is 0 Å². The van der Waals surface area contributed by atoms with Gasteiger partial charge < -0.3 is 10.4 Å². The van der Waals surface area contributed by atoms with E-state index < -0.39 is 17.8 Å². The van der Waals surface area contributed by atoms with Crippen LogP contribution in [0.15, 0.2) is 24.3 Å². The van der Waals surface area contributed by atoms with Crippen LogP contribution in [0.1, 0.15) is 19.8 Å². The molecule has 2 rings (SSSR count). The minimum absolute atomic E-state index is 0.180. The van der Waals surface area contributed by atoms with Crippen LogP contribution < -0.4 is 5.32 Å². The number of amides is 1. The Morgan fingerprint density at radius 2 is 1.89 bits per heavy atom. The molecule has 1 unspecified atom stereocenters. The van der Waals surface area contributed by atoms with Crippen LogP contribution in [0.25, 0.3) is 0 Å². The summed E-state index contributed by atoms with van der Waals surface area (Å²) in [5.41, 5.74) is 0.747. The monoisotopic (exact) mass is 373 g/mol. The molecule has 0 aliphatic heterocycles. The number of carbonyl (C=O) groups excluding carboxylic acids is 1. The second-order valence-electron chi connectivity index (χ2n) is 5.10. The number of carboxylic acids is 1. The third-order valence-corrected chi connectivity index (χ3v) is 4.52. The lowest BCUT2D eigenvalue weighted by atomic mass is 9.95. The van der Waals surface area contributed by atoms with Gasteiger partial charge >= 0.3 is 5.97 Å². The highest BCUT2D eigenvalue weighted by molar-refractivity contribution is 14.1. The number of hydrogen-bond donors (Lipinski definition) is 2. The molecule has 1 aliphatic rings. The van der Waals surface area contributed by atoms with Crippen LogP contribution in [-0.2, 0) is 9.59 Å². The van der Waals surface area contributed by atoms with E-state index in [2.05, 4.69) is 27.9 Å². The van der Waals surface area contributed by atoms with Crippen LogP contribution in [0.4, 0.5) is 5.69 Å². The van der Waals surface area contributed by atoms with Gasteiger partial charge in [-0.1, -0.05) is 19.1 Å². The molecule has 19 heavy (non-hydrogen) atoms. The molecule has 0 heterocycles. The molecule has 0 spiro atoms. The number of rotatable bonds is 3. The molecule has 4 nitrogen and oxygen atoms in total. The molecule has 1 aliphatic carbocycles. The fraction of sp³-hybridized carbons (Fsp3) is 0.429. The molecular formula is C14H16INO3. The van der Waals surface area contributed by atoms with Crippen molar-refractivity contribution in [1.82, 2.24) is 0 Å². The Balaban J connectivity index is 2.11. The quantitative estimate of drug-likeness (QED) is 0.801. The Kier molecular flexibility index (Phi) is 4.44. The van der Waals surface area contributed by atoms with Crippen LogP contribution >= 0.6 is 22.6 Å². The highest BCUT2D eigenvalue weighted by Gasteiger charge is 2.41. The lowest BCUT2D eigenvalue weighted by Gasteiger charge is -2.16. The molecule has 1 aromatic carbocycles. The minimum Gasteiger partial charge on any atom is -0.481 e. The van der Waals surface area contributed by atoms with Crippen molar-refractivity contribution in [2.24, 2.45) is 17.8 Å². The minimum atomic E-state index is -0.868. The average Bonchev–Trinajstić information content (AvgIpc) is 2.74. The fourth-order valence-corrected chi connectivity index (χ4v) is 3.16. The summed E-state index contributed by atoms with van der Waals surface area (Å²) < 4.78 is 0.950. The van der Waals surface area contributed by atoms with Crippen LogP contribution in [0, 0.1) is 21.3 Å². The molecule has 1 saturated carbocycles. The molecule has 2 N–H and O–H groups in total. The lowest BCUT2D eigenvalue weighted by molar-refractivity contribution is -0.145. The largest absolute Gasteiger partial charge is 0.481 e. The molecular weight excluding hydrogens is 357 g/mol. The Bertz CT molecular complexity index is 503. The van der Waals surface area contributed by atoms with E-state index in [-0.39, 0.29) is 11.8 Å². The number of aliphatic carboxylic acids is 1. The fourth-order valence-electron chi connectivity index (χ4n) is 2.64. The molecule has 1 fully saturated rings. The number of nitrogens with one attached hydrogen (secondary N) is 1. The third-order valence-electron chi connectivity index (χ3n) is 3.58. The van der Waals surface area contributed by atoms with Crippen molar-refractivity contribution in [2.75, 3.05) is 5.32 Å².